The highest BCUT2D eigenvalue weighted by molar-refractivity contribution is 9.10. The van der Waals surface area contributed by atoms with Gasteiger partial charge < -0.3 is 10.2 Å². The molecule has 1 unspecified atom stereocenters. The van der Waals surface area contributed by atoms with Crippen molar-refractivity contribution in [2.24, 2.45) is 5.41 Å². The number of anilines is 2. The second-order valence-corrected chi connectivity index (χ2v) is 10.7. The number of fused-ring (bicyclic) bond motifs is 5. The minimum absolute atomic E-state index is 0.141. The van der Waals surface area contributed by atoms with Crippen LogP contribution in [-0.4, -0.2) is 35.3 Å². The number of hydrogen-bond acceptors (Lipinski definition) is 5. The highest BCUT2D eigenvalue weighted by Gasteiger charge is 2.71. The minimum Gasteiger partial charge on any atom is -0.352 e. The van der Waals surface area contributed by atoms with Crippen molar-refractivity contribution in [2.75, 3.05) is 10.2 Å². The molecule has 1 N–H and O–H groups in total. The molecule has 6 rings (SSSR count). The van der Waals surface area contributed by atoms with Crippen molar-refractivity contribution < 1.29 is 19.2 Å². The summed E-state index contributed by atoms with van der Waals surface area (Å²) < 4.78 is 0.859. The molecule has 3 aliphatic rings. The summed E-state index contributed by atoms with van der Waals surface area (Å²) in [4.78, 5) is 56.0. The number of halogens is 1. The molecule has 37 heavy (non-hydrogen) atoms. The van der Waals surface area contributed by atoms with Gasteiger partial charge in [-0.2, -0.15) is 0 Å². The number of nitrogens with one attached hydrogen (secondary N) is 1. The quantitative estimate of drug-likeness (QED) is 0.436. The van der Waals surface area contributed by atoms with Gasteiger partial charge in [0, 0.05) is 39.7 Å². The van der Waals surface area contributed by atoms with E-state index in [2.05, 4.69) is 21.2 Å². The number of nitrogens with zero attached hydrogens (tertiary/aromatic N) is 1. The molecule has 1 amide bonds. The van der Waals surface area contributed by atoms with Crippen LogP contribution in [0, 0.1) is 5.41 Å². The molecule has 0 radical (unpaired) electrons. The highest BCUT2D eigenvalue weighted by Crippen LogP contribution is 2.61. The Morgan fingerprint density at radius 3 is 2.14 bits per heavy atom. The molecule has 6 nitrogen and oxygen atoms in total. The van der Waals surface area contributed by atoms with Crippen molar-refractivity contribution in [3.63, 3.8) is 0 Å². The summed E-state index contributed by atoms with van der Waals surface area (Å²) in [6.07, 6.45) is 3.71. The third-order valence-corrected chi connectivity index (χ3v) is 8.33. The SMILES string of the molecule is CC(=O)Nc1cccc2c1C=CC1N2[C@@H](C(C)=O)[C@H](c2ccc(Br)cc2)C12C(=O)c1ccccc1C2=O. The monoisotopic (exact) mass is 554 g/mol. The van der Waals surface area contributed by atoms with Gasteiger partial charge in [-0.25, -0.2) is 0 Å². The van der Waals surface area contributed by atoms with Crippen molar-refractivity contribution in [2.45, 2.75) is 31.8 Å². The lowest BCUT2D eigenvalue weighted by molar-refractivity contribution is -0.118. The van der Waals surface area contributed by atoms with E-state index in [0.717, 1.165) is 15.6 Å². The Hall–Kier alpha value is -3.84. The molecule has 0 bridgehead atoms. The van der Waals surface area contributed by atoms with Crippen LogP contribution in [0.5, 0.6) is 0 Å². The smallest absolute Gasteiger partial charge is 0.221 e. The van der Waals surface area contributed by atoms with Crippen molar-refractivity contribution >= 4 is 56.6 Å². The number of Topliss-reactive ketones (excluding diaryl/α,β-unsaturated/α-hetero) is 3. The minimum atomic E-state index is -1.51. The molecule has 1 fully saturated rings. The fourth-order valence-corrected chi connectivity index (χ4v) is 6.76. The molecule has 1 saturated heterocycles. The lowest BCUT2D eigenvalue weighted by Crippen LogP contribution is -2.48. The number of benzene rings is 3. The number of hydrogen-bond donors (Lipinski definition) is 1. The van der Waals surface area contributed by atoms with Gasteiger partial charge in [0.15, 0.2) is 17.3 Å². The second-order valence-electron chi connectivity index (χ2n) is 9.79. The molecule has 3 aromatic rings. The van der Waals surface area contributed by atoms with Crippen LogP contribution in [0.15, 0.2) is 77.3 Å². The van der Waals surface area contributed by atoms with Gasteiger partial charge in [-0.05, 0) is 36.8 Å². The number of ketones is 3. The predicted molar refractivity (Wildman–Crippen MR) is 145 cm³/mol. The molecule has 1 spiro atoms. The largest absolute Gasteiger partial charge is 0.352 e. The van der Waals surface area contributed by atoms with Gasteiger partial charge >= 0.3 is 0 Å². The first-order chi connectivity index (χ1) is 17.8. The van der Waals surface area contributed by atoms with Crippen LogP contribution in [0.4, 0.5) is 11.4 Å². The Morgan fingerprint density at radius 1 is 0.892 bits per heavy atom. The molecule has 184 valence electrons. The lowest BCUT2D eigenvalue weighted by atomic mass is 9.64. The molecule has 2 heterocycles. The van der Waals surface area contributed by atoms with Crippen LogP contribution >= 0.6 is 15.9 Å². The first-order valence-corrected chi connectivity index (χ1v) is 12.9. The molecule has 3 aromatic carbocycles. The Morgan fingerprint density at radius 2 is 1.54 bits per heavy atom. The van der Waals surface area contributed by atoms with Gasteiger partial charge in [0.25, 0.3) is 0 Å². The first kappa shape index (κ1) is 23.6. The standard InChI is InChI=1S/C30H23BrN2O4/c1-16(34)27-26(18-10-12-19(31)13-11-18)30(28(36)20-6-3-4-7-21(20)29(30)37)25-15-14-22-23(32-17(2)35)8-5-9-24(22)33(25)27/h3-15,25-27H,1-2H3,(H,32,35)/t25?,26-,27-/m0/s1. The molecular weight excluding hydrogens is 532 g/mol. The summed E-state index contributed by atoms with van der Waals surface area (Å²) in [6.45, 7) is 2.95. The van der Waals surface area contributed by atoms with Crippen LogP contribution in [-0.2, 0) is 9.59 Å². The fraction of sp³-hybridized carbons (Fsp3) is 0.200. The lowest BCUT2D eigenvalue weighted by Gasteiger charge is -2.37. The van der Waals surface area contributed by atoms with Crippen LogP contribution in [0.1, 0.15) is 51.6 Å². The Labute approximate surface area is 222 Å². The second kappa shape index (κ2) is 8.35. The average Bonchev–Trinajstić information content (AvgIpc) is 3.31. The maximum Gasteiger partial charge on any atom is 0.221 e. The third kappa shape index (κ3) is 3.16. The van der Waals surface area contributed by atoms with E-state index in [-0.39, 0.29) is 23.3 Å². The summed E-state index contributed by atoms with van der Waals surface area (Å²) in [5.41, 5.74) is 2.08. The normalized spacial score (nSPS) is 22.6. The van der Waals surface area contributed by atoms with Gasteiger partial charge in [0.05, 0.1) is 17.8 Å². The third-order valence-electron chi connectivity index (χ3n) is 7.80. The Balaban J connectivity index is 1.65. The van der Waals surface area contributed by atoms with Crippen LogP contribution in [0.3, 0.4) is 0 Å². The van der Waals surface area contributed by atoms with Gasteiger partial charge in [-0.1, -0.05) is 70.5 Å². The van der Waals surface area contributed by atoms with Gasteiger partial charge in [0.2, 0.25) is 5.91 Å². The van der Waals surface area contributed by atoms with Crippen molar-refractivity contribution in [3.8, 4) is 0 Å². The van der Waals surface area contributed by atoms with Crippen molar-refractivity contribution in [1.29, 1.82) is 0 Å². The van der Waals surface area contributed by atoms with Gasteiger partial charge in [-0.15, -0.1) is 0 Å². The number of carbonyl (C=O) groups is 4. The predicted octanol–water partition coefficient (Wildman–Crippen LogP) is 5.43. The van der Waals surface area contributed by atoms with Crippen molar-refractivity contribution in [3.05, 3.63) is 99.5 Å². The van der Waals surface area contributed by atoms with E-state index in [1.165, 1.54) is 13.8 Å². The number of carbonyl (C=O) groups excluding carboxylic acids is 4. The summed E-state index contributed by atoms with van der Waals surface area (Å²) in [5, 5.41) is 2.86. The number of rotatable bonds is 3. The van der Waals surface area contributed by atoms with Gasteiger partial charge in [0.1, 0.15) is 5.41 Å². The molecular formula is C30H23BrN2O4. The van der Waals surface area contributed by atoms with Crippen molar-refractivity contribution in [1.82, 2.24) is 0 Å². The molecule has 2 aliphatic heterocycles. The van der Waals surface area contributed by atoms with E-state index < -0.39 is 23.4 Å². The van der Waals surface area contributed by atoms with E-state index in [1.54, 1.807) is 30.3 Å². The summed E-state index contributed by atoms with van der Waals surface area (Å²) in [6, 6.07) is 18.5. The van der Waals surface area contributed by atoms with Crippen LogP contribution in [0.25, 0.3) is 6.08 Å². The molecule has 0 saturated carbocycles. The fourth-order valence-electron chi connectivity index (χ4n) is 6.49. The van der Waals surface area contributed by atoms with Crippen LogP contribution < -0.4 is 10.2 Å². The van der Waals surface area contributed by atoms with E-state index in [1.807, 2.05) is 53.5 Å². The summed E-state index contributed by atoms with van der Waals surface area (Å²) in [5.74, 6) is -1.58. The zero-order chi connectivity index (χ0) is 26.1. The topological polar surface area (TPSA) is 83.6 Å². The van der Waals surface area contributed by atoms with E-state index in [4.69, 9.17) is 0 Å². The maximum atomic E-state index is 14.4. The zero-order valence-electron chi connectivity index (χ0n) is 20.2. The highest BCUT2D eigenvalue weighted by atomic mass is 79.9. The molecule has 0 aromatic heterocycles. The summed E-state index contributed by atoms with van der Waals surface area (Å²) >= 11 is 3.47. The van der Waals surface area contributed by atoms with E-state index >= 15 is 0 Å². The first-order valence-electron chi connectivity index (χ1n) is 12.1. The van der Waals surface area contributed by atoms with Crippen LogP contribution in [0.2, 0.25) is 0 Å². The average molecular weight is 555 g/mol. The van der Waals surface area contributed by atoms with E-state index in [0.29, 0.717) is 22.5 Å². The maximum absolute atomic E-state index is 14.4. The molecule has 1 aliphatic carbocycles. The Bertz CT molecular complexity index is 1510. The molecule has 7 heteroatoms. The number of amides is 1. The summed E-state index contributed by atoms with van der Waals surface area (Å²) in [7, 11) is 0. The Kier molecular flexibility index (Phi) is 5.31. The van der Waals surface area contributed by atoms with E-state index in [9.17, 15) is 19.2 Å². The van der Waals surface area contributed by atoms with Gasteiger partial charge in [-0.3, -0.25) is 19.2 Å². The zero-order valence-corrected chi connectivity index (χ0v) is 21.8. The molecule has 3 atom stereocenters.